The molecule has 0 fully saturated rings. The molecule has 0 radical (unpaired) electrons. The molecule has 0 amide bonds. The van der Waals surface area contributed by atoms with Crippen molar-refractivity contribution in [1.29, 1.82) is 0 Å². The Morgan fingerprint density at radius 1 is 1.11 bits per heavy atom. The van der Waals surface area contributed by atoms with Gasteiger partial charge in [0.05, 0.1) is 11.6 Å². The van der Waals surface area contributed by atoms with Gasteiger partial charge in [-0.15, -0.1) is 11.6 Å². The molecule has 0 bridgehead atoms. The summed E-state index contributed by atoms with van der Waals surface area (Å²) in [4.78, 5) is 4.04. The fraction of sp³-hybridized carbons (Fsp3) is 0.188. The zero-order valence-corrected chi connectivity index (χ0v) is 11.3. The Kier molecular flexibility index (Phi) is 3.26. The molecule has 19 heavy (non-hydrogen) atoms. The molecular weight excluding hydrogens is 258 g/mol. The molecule has 2 heterocycles. The standard InChI is InChI=1S/C16H14ClNO/c1-11(12-6-8-18-9-7-12)16(17)14-10-19-15-5-3-2-4-13(14)15/h2-11,16H,1H3. The summed E-state index contributed by atoms with van der Waals surface area (Å²) in [6, 6.07) is 12.0. The van der Waals surface area contributed by atoms with Crippen molar-refractivity contribution in [1.82, 2.24) is 4.98 Å². The molecule has 0 saturated heterocycles. The highest BCUT2D eigenvalue weighted by Gasteiger charge is 2.22. The van der Waals surface area contributed by atoms with Gasteiger partial charge in [-0.3, -0.25) is 4.98 Å². The van der Waals surface area contributed by atoms with E-state index in [1.165, 1.54) is 5.56 Å². The molecule has 0 aliphatic rings. The van der Waals surface area contributed by atoms with E-state index in [0.717, 1.165) is 16.5 Å². The minimum atomic E-state index is -0.119. The summed E-state index contributed by atoms with van der Waals surface area (Å²) in [5, 5.41) is 0.967. The quantitative estimate of drug-likeness (QED) is 0.633. The van der Waals surface area contributed by atoms with Crippen LogP contribution in [-0.2, 0) is 0 Å². The Morgan fingerprint density at radius 3 is 2.63 bits per heavy atom. The lowest BCUT2D eigenvalue weighted by atomic mass is 9.94. The van der Waals surface area contributed by atoms with E-state index in [1.807, 2.05) is 36.4 Å². The average molecular weight is 272 g/mol. The molecule has 0 aliphatic carbocycles. The van der Waals surface area contributed by atoms with Gasteiger partial charge in [0.25, 0.3) is 0 Å². The van der Waals surface area contributed by atoms with E-state index >= 15 is 0 Å². The third-order valence-electron chi connectivity index (χ3n) is 3.48. The van der Waals surface area contributed by atoms with Crippen molar-refractivity contribution in [3.63, 3.8) is 0 Å². The molecule has 96 valence electrons. The molecular formula is C16H14ClNO. The number of hydrogen-bond acceptors (Lipinski definition) is 2. The maximum absolute atomic E-state index is 6.63. The minimum Gasteiger partial charge on any atom is -0.464 e. The maximum atomic E-state index is 6.63. The first-order valence-corrected chi connectivity index (χ1v) is 6.71. The summed E-state index contributed by atoms with van der Waals surface area (Å²) >= 11 is 6.63. The van der Waals surface area contributed by atoms with Gasteiger partial charge in [-0.05, 0) is 23.8 Å². The van der Waals surface area contributed by atoms with Gasteiger partial charge in [0, 0.05) is 29.3 Å². The molecule has 1 aromatic carbocycles. The van der Waals surface area contributed by atoms with Crippen molar-refractivity contribution in [3.05, 3.63) is 66.2 Å². The highest BCUT2D eigenvalue weighted by molar-refractivity contribution is 6.22. The lowest BCUT2D eigenvalue weighted by Gasteiger charge is -2.17. The molecule has 0 aliphatic heterocycles. The van der Waals surface area contributed by atoms with Gasteiger partial charge in [-0.25, -0.2) is 0 Å². The number of nitrogens with zero attached hydrogens (tertiary/aromatic N) is 1. The fourth-order valence-electron chi connectivity index (χ4n) is 2.32. The van der Waals surface area contributed by atoms with E-state index < -0.39 is 0 Å². The molecule has 3 aromatic rings. The monoisotopic (exact) mass is 271 g/mol. The molecule has 2 unspecified atom stereocenters. The fourth-order valence-corrected chi connectivity index (χ4v) is 2.63. The first-order chi connectivity index (χ1) is 9.27. The van der Waals surface area contributed by atoms with Gasteiger partial charge in [-0.2, -0.15) is 0 Å². The number of hydrogen-bond donors (Lipinski definition) is 0. The van der Waals surface area contributed by atoms with Crippen LogP contribution in [-0.4, -0.2) is 4.98 Å². The van der Waals surface area contributed by atoms with Gasteiger partial charge >= 0.3 is 0 Å². The number of para-hydroxylation sites is 1. The van der Waals surface area contributed by atoms with Crippen LogP contribution >= 0.6 is 11.6 Å². The third-order valence-corrected chi connectivity index (χ3v) is 4.09. The summed E-state index contributed by atoms with van der Waals surface area (Å²) in [6.45, 7) is 2.12. The van der Waals surface area contributed by atoms with E-state index in [1.54, 1.807) is 18.7 Å². The second-order valence-electron chi connectivity index (χ2n) is 4.66. The summed E-state index contributed by atoms with van der Waals surface area (Å²) in [5.41, 5.74) is 3.10. The van der Waals surface area contributed by atoms with Crippen molar-refractivity contribution in [2.24, 2.45) is 0 Å². The van der Waals surface area contributed by atoms with Gasteiger partial charge in [0.2, 0.25) is 0 Å². The maximum Gasteiger partial charge on any atom is 0.134 e. The smallest absolute Gasteiger partial charge is 0.134 e. The van der Waals surface area contributed by atoms with Crippen LogP contribution in [0, 0.1) is 0 Å². The Labute approximate surface area is 117 Å². The van der Waals surface area contributed by atoms with Crippen molar-refractivity contribution in [3.8, 4) is 0 Å². The predicted molar refractivity (Wildman–Crippen MR) is 77.5 cm³/mol. The predicted octanol–water partition coefficient (Wildman–Crippen LogP) is 4.91. The molecule has 2 aromatic heterocycles. The number of pyridine rings is 1. The molecule has 2 nitrogen and oxygen atoms in total. The van der Waals surface area contributed by atoms with Gasteiger partial charge in [0.1, 0.15) is 5.58 Å². The number of fused-ring (bicyclic) bond motifs is 1. The number of aromatic nitrogens is 1. The van der Waals surface area contributed by atoms with Crippen LogP contribution in [0.1, 0.15) is 29.3 Å². The number of rotatable bonds is 3. The third kappa shape index (κ3) is 2.24. The van der Waals surface area contributed by atoms with E-state index in [0.29, 0.717) is 0 Å². The Morgan fingerprint density at radius 2 is 1.84 bits per heavy atom. The minimum absolute atomic E-state index is 0.119. The molecule has 3 heteroatoms. The largest absolute Gasteiger partial charge is 0.464 e. The van der Waals surface area contributed by atoms with Crippen LogP contribution in [0.2, 0.25) is 0 Å². The van der Waals surface area contributed by atoms with Crippen molar-refractivity contribution in [2.45, 2.75) is 18.2 Å². The molecule has 0 N–H and O–H groups in total. The first kappa shape index (κ1) is 12.2. The highest BCUT2D eigenvalue weighted by atomic mass is 35.5. The SMILES string of the molecule is CC(c1ccncc1)C(Cl)c1coc2ccccc12. The lowest BCUT2D eigenvalue weighted by molar-refractivity contribution is 0.604. The van der Waals surface area contributed by atoms with Gasteiger partial charge < -0.3 is 4.42 Å². The first-order valence-electron chi connectivity index (χ1n) is 6.27. The van der Waals surface area contributed by atoms with E-state index in [-0.39, 0.29) is 11.3 Å². The van der Waals surface area contributed by atoms with Crippen LogP contribution in [0.3, 0.4) is 0 Å². The van der Waals surface area contributed by atoms with Crippen molar-refractivity contribution >= 4 is 22.6 Å². The topological polar surface area (TPSA) is 26.0 Å². The van der Waals surface area contributed by atoms with Gasteiger partial charge in [0.15, 0.2) is 0 Å². The van der Waals surface area contributed by atoms with E-state index in [9.17, 15) is 0 Å². The zero-order chi connectivity index (χ0) is 13.2. The number of halogens is 1. The lowest BCUT2D eigenvalue weighted by Crippen LogP contribution is -2.02. The van der Waals surface area contributed by atoms with Crippen LogP contribution in [0.5, 0.6) is 0 Å². The number of furan rings is 1. The average Bonchev–Trinajstić information content (AvgIpc) is 2.90. The van der Waals surface area contributed by atoms with Crippen LogP contribution < -0.4 is 0 Å². The van der Waals surface area contributed by atoms with Crippen LogP contribution in [0.25, 0.3) is 11.0 Å². The van der Waals surface area contributed by atoms with Crippen molar-refractivity contribution < 1.29 is 4.42 Å². The number of alkyl halides is 1. The molecule has 0 spiro atoms. The Bertz CT molecular complexity index is 677. The van der Waals surface area contributed by atoms with Crippen LogP contribution in [0.15, 0.2) is 59.5 Å². The highest BCUT2D eigenvalue weighted by Crippen LogP contribution is 2.39. The van der Waals surface area contributed by atoms with E-state index in [4.69, 9.17) is 16.0 Å². The second-order valence-corrected chi connectivity index (χ2v) is 5.13. The van der Waals surface area contributed by atoms with Crippen molar-refractivity contribution in [2.75, 3.05) is 0 Å². The summed E-state index contributed by atoms with van der Waals surface area (Å²) in [7, 11) is 0. The normalized spacial score (nSPS) is 14.4. The summed E-state index contributed by atoms with van der Waals surface area (Å²) < 4.78 is 5.56. The Balaban J connectivity index is 1.98. The Hall–Kier alpha value is -1.80. The molecule has 2 atom stereocenters. The molecule has 0 saturated carbocycles. The van der Waals surface area contributed by atoms with E-state index in [2.05, 4.69) is 11.9 Å². The summed E-state index contributed by atoms with van der Waals surface area (Å²) in [6.07, 6.45) is 5.35. The molecule has 3 rings (SSSR count). The summed E-state index contributed by atoms with van der Waals surface area (Å²) in [5.74, 6) is 0.200. The van der Waals surface area contributed by atoms with Crippen LogP contribution in [0.4, 0.5) is 0 Å². The second kappa shape index (κ2) is 5.06. The van der Waals surface area contributed by atoms with Gasteiger partial charge in [-0.1, -0.05) is 25.1 Å². The number of benzene rings is 1. The zero-order valence-electron chi connectivity index (χ0n) is 10.6.